The van der Waals surface area contributed by atoms with Crippen LogP contribution in [-0.2, 0) is 15.1 Å². The summed E-state index contributed by atoms with van der Waals surface area (Å²) in [6, 6.07) is 7.26. The van der Waals surface area contributed by atoms with Gasteiger partial charge in [-0.15, -0.1) is 12.4 Å². The Labute approximate surface area is 100 Å². The number of esters is 1. The number of hydrogen-bond acceptors (Lipinski definition) is 4. The summed E-state index contributed by atoms with van der Waals surface area (Å²) in [6.07, 6.45) is 0. The molecule has 1 aliphatic rings. The molecule has 0 saturated heterocycles. The Morgan fingerprint density at radius 1 is 1.56 bits per heavy atom. The van der Waals surface area contributed by atoms with Gasteiger partial charge in [-0.05, 0) is 13.0 Å². The number of para-hydroxylation sites is 1. The van der Waals surface area contributed by atoms with Crippen LogP contribution in [-0.4, -0.2) is 19.2 Å². The minimum atomic E-state index is -1.15. The molecule has 5 heteroatoms. The Bertz CT molecular complexity index is 397. The number of rotatable bonds is 2. The summed E-state index contributed by atoms with van der Waals surface area (Å²) >= 11 is 0. The van der Waals surface area contributed by atoms with E-state index in [1.54, 1.807) is 19.1 Å². The highest BCUT2D eigenvalue weighted by Gasteiger charge is 2.45. The summed E-state index contributed by atoms with van der Waals surface area (Å²) in [7, 11) is 0. The summed E-state index contributed by atoms with van der Waals surface area (Å²) < 4.78 is 10.3. The van der Waals surface area contributed by atoms with Crippen molar-refractivity contribution in [3.8, 4) is 5.75 Å². The lowest BCUT2D eigenvalue weighted by atomic mass is 9.93. The Hall–Kier alpha value is -1.26. The second-order valence-electron chi connectivity index (χ2n) is 3.48. The van der Waals surface area contributed by atoms with E-state index < -0.39 is 11.5 Å². The fourth-order valence-corrected chi connectivity index (χ4v) is 1.66. The Morgan fingerprint density at radius 3 is 2.94 bits per heavy atom. The van der Waals surface area contributed by atoms with Gasteiger partial charge in [-0.2, -0.15) is 0 Å². The molecule has 1 heterocycles. The summed E-state index contributed by atoms with van der Waals surface area (Å²) in [5.74, 6) is 0.225. The van der Waals surface area contributed by atoms with Gasteiger partial charge in [-0.1, -0.05) is 18.2 Å². The number of carbonyl (C=O) groups excluding carboxylic acids is 1. The topological polar surface area (TPSA) is 61.5 Å². The van der Waals surface area contributed by atoms with Crippen LogP contribution in [0.3, 0.4) is 0 Å². The van der Waals surface area contributed by atoms with Crippen LogP contribution >= 0.6 is 12.4 Å². The van der Waals surface area contributed by atoms with Gasteiger partial charge in [-0.3, -0.25) is 0 Å². The smallest absolute Gasteiger partial charge is 0.334 e. The van der Waals surface area contributed by atoms with Crippen LogP contribution < -0.4 is 10.5 Å². The Kier molecular flexibility index (Phi) is 3.78. The van der Waals surface area contributed by atoms with Crippen molar-refractivity contribution in [1.82, 2.24) is 0 Å². The monoisotopic (exact) mass is 243 g/mol. The second kappa shape index (κ2) is 4.72. The van der Waals surface area contributed by atoms with Gasteiger partial charge in [0.25, 0.3) is 0 Å². The first-order chi connectivity index (χ1) is 7.18. The number of ether oxygens (including phenoxy) is 2. The summed E-state index contributed by atoms with van der Waals surface area (Å²) in [5, 5.41) is 0. The molecule has 0 radical (unpaired) electrons. The second-order valence-corrected chi connectivity index (χ2v) is 3.48. The highest BCUT2D eigenvalue weighted by molar-refractivity contribution is 5.85. The first-order valence-electron chi connectivity index (χ1n) is 4.87. The molecule has 0 fully saturated rings. The highest BCUT2D eigenvalue weighted by atomic mass is 35.5. The average molecular weight is 244 g/mol. The average Bonchev–Trinajstić information content (AvgIpc) is 2.59. The molecule has 16 heavy (non-hydrogen) atoms. The predicted molar refractivity (Wildman–Crippen MR) is 61.7 cm³/mol. The van der Waals surface area contributed by atoms with E-state index in [0.717, 1.165) is 0 Å². The maximum atomic E-state index is 11.7. The first-order valence-corrected chi connectivity index (χ1v) is 4.87. The van der Waals surface area contributed by atoms with Gasteiger partial charge in [0, 0.05) is 5.56 Å². The molecule has 0 aliphatic carbocycles. The molecular weight excluding hydrogens is 230 g/mol. The summed E-state index contributed by atoms with van der Waals surface area (Å²) in [5.41, 5.74) is 5.55. The normalized spacial score (nSPS) is 21.6. The van der Waals surface area contributed by atoms with Crippen molar-refractivity contribution in [3.05, 3.63) is 29.8 Å². The number of halogens is 1. The molecule has 0 spiro atoms. The number of fused-ring (bicyclic) bond motifs is 1. The largest absolute Gasteiger partial charge is 0.490 e. The molecule has 88 valence electrons. The lowest BCUT2D eigenvalue weighted by molar-refractivity contribution is -0.150. The third-order valence-corrected chi connectivity index (χ3v) is 2.46. The van der Waals surface area contributed by atoms with Gasteiger partial charge >= 0.3 is 5.97 Å². The number of nitrogens with two attached hydrogens (primary N) is 1. The van der Waals surface area contributed by atoms with Crippen molar-refractivity contribution in [2.24, 2.45) is 5.73 Å². The fourth-order valence-electron chi connectivity index (χ4n) is 1.66. The zero-order valence-electron chi connectivity index (χ0n) is 8.93. The molecule has 0 bridgehead atoms. The molecular formula is C11H14ClNO3. The maximum absolute atomic E-state index is 11.7. The van der Waals surface area contributed by atoms with E-state index in [4.69, 9.17) is 15.2 Å². The van der Waals surface area contributed by atoms with E-state index in [2.05, 4.69) is 0 Å². The van der Waals surface area contributed by atoms with E-state index in [1.165, 1.54) is 0 Å². The summed E-state index contributed by atoms with van der Waals surface area (Å²) in [6.45, 7) is 2.22. The van der Waals surface area contributed by atoms with E-state index >= 15 is 0 Å². The van der Waals surface area contributed by atoms with Crippen LogP contribution in [0.15, 0.2) is 24.3 Å². The molecule has 1 aromatic carbocycles. The molecule has 1 atom stereocenters. The lowest BCUT2D eigenvalue weighted by Gasteiger charge is -2.19. The van der Waals surface area contributed by atoms with Gasteiger partial charge < -0.3 is 15.2 Å². The molecule has 2 rings (SSSR count). The van der Waals surface area contributed by atoms with Gasteiger partial charge in [0.1, 0.15) is 12.4 Å². The minimum Gasteiger partial charge on any atom is -0.490 e. The summed E-state index contributed by atoms with van der Waals surface area (Å²) in [4.78, 5) is 11.7. The van der Waals surface area contributed by atoms with E-state index in [1.807, 2.05) is 12.1 Å². The van der Waals surface area contributed by atoms with Crippen molar-refractivity contribution in [2.75, 3.05) is 13.2 Å². The molecule has 1 aliphatic heterocycles. The van der Waals surface area contributed by atoms with Crippen molar-refractivity contribution in [3.63, 3.8) is 0 Å². The standard InChI is InChI=1S/C11H13NO3.ClH/c1-2-14-10(13)11(12)7-15-9-6-4-3-5-8(9)11;/h3-6H,2,7,12H2,1H3;1H. The van der Waals surface area contributed by atoms with Crippen LogP contribution in [0.4, 0.5) is 0 Å². The van der Waals surface area contributed by atoms with Gasteiger partial charge in [-0.25, -0.2) is 4.79 Å². The van der Waals surface area contributed by atoms with E-state index in [0.29, 0.717) is 17.9 Å². The molecule has 0 saturated carbocycles. The van der Waals surface area contributed by atoms with Gasteiger partial charge in [0.05, 0.1) is 6.61 Å². The first kappa shape index (κ1) is 12.8. The van der Waals surface area contributed by atoms with Crippen molar-refractivity contribution in [2.45, 2.75) is 12.5 Å². The van der Waals surface area contributed by atoms with E-state index in [-0.39, 0.29) is 19.0 Å². The fraction of sp³-hybridized carbons (Fsp3) is 0.364. The molecule has 0 amide bonds. The molecule has 1 aromatic rings. The molecule has 0 aromatic heterocycles. The van der Waals surface area contributed by atoms with Gasteiger partial charge in [0.2, 0.25) is 0 Å². The van der Waals surface area contributed by atoms with Crippen molar-refractivity contribution < 1.29 is 14.3 Å². The highest BCUT2D eigenvalue weighted by Crippen LogP contribution is 2.35. The van der Waals surface area contributed by atoms with Crippen LogP contribution in [0.5, 0.6) is 5.75 Å². The Balaban J connectivity index is 0.00000128. The number of hydrogen-bond donors (Lipinski definition) is 1. The zero-order chi connectivity index (χ0) is 10.9. The quantitative estimate of drug-likeness (QED) is 0.794. The third kappa shape index (κ3) is 1.86. The SMILES string of the molecule is CCOC(=O)C1(N)COc2ccccc21.Cl. The molecule has 1 unspecified atom stereocenters. The van der Waals surface area contributed by atoms with Crippen LogP contribution in [0.1, 0.15) is 12.5 Å². The zero-order valence-corrected chi connectivity index (χ0v) is 9.75. The Morgan fingerprint density at radius 2 is 2.25 bits per heavy atom. The molecule has 2 N–H and O–H groups in total. The third-order valence-electron chi connectivity index (χ3n) is 2.46. The number of carbonyl (C=O) groups is 1. The minimum absolute atomic E-state index is 0. The molecule has 4 nitrogen and oxygen atoms in total. The lowest BCUT2D eigenvalue weighted by Crippen LogP contribution is -2.47. The predicted octanol–water partition coefficient (Wildman–Crippen LogP) is 1.22. The van der Waals surface area contributed by atoms with Crippen LogP contribution in [0.25, 0.3) is 0 Å². The van der Waals surface area contributed by atoms with E-state index in [9.17, 15) is 4.79 Å². The van der Waals surface area contributed by atoms with Crippen molar-refractivity contribution in [1.29, 1.82) is 0 Å². The van der Waals surface area contributed by atoms with Crippen LogP contribution in [0.2, 0.25) is 0 Å². The van der Waals surface area contributed by atoms with Gasteiger partial charge in [0.15, 0.2) is 5.54 Å². The number of benzene rings is 1. The van der Waals surface area contributed by atoms with Crippen molar-refractivity contribution >= 4 is 18.4 Å². The maximum Gasteiger partial charge on any atom is 0.334 e. The van der Waals surface area contributed by atoms with Crippen LogP contribution in [0, 0.1) is 0 Å².